The molecular formula is C67H41N5. The van der Waals surface area contributed by atoms with Crippen molar-refractivity contribution < 1.29 is 0 Å². The minimum Gasteiger partial charge on any atom is -0.256 e. The van der Waals surface area contributed by atoms with Crippen LogP contribution < -0.4 is 0 Å². The fraction of sp³-hybridized carbons (Fsp3) is 0. The van der Waals surface area contributed by atoms with Gasteiger partial charge in [0.15, 0.2) is 11.6 Å². The largest absolute Gasteiger partial charge is 0.256 e. The molecule has 0 atom stereocenters. The molecule has 11 aromatic carbocycles. The first kappa shape index (κ1) is 41.3. The van der Waals surface area contributed by atoms with Gasteiger partial charge in [-0.25, -0.2) is 15.0 Å². The molecule has 0 spiro atoms. The first-order chi connectivity index (χ1) is 35.7. The van der Waals surface area contributed by atoms with Crippen LogP contribution in [0, 0.1) is 0 Å². The summed E-state index contributed by atoms with van der Waals surface area (Å²) in [4.78, 5) is 24.3. The number of nitrogens with zero attached hydrogens (tertiary/aromatic N) is 5. The van der Waals surface area contributed by atoms with Crippen LogP contribution in [0.5, 0.6) is 0 Å². The Morgan fingerprint density at radius 2 is 0.736 bits per heavy atom. The first-order valence-electron chi connectivity index (χ1n) is 24.3. The standard InChI is InChI=1S/C67H41N5/c1-2-12-42(13-3-1)47-30-33-69-63(40-47)60-37-51-27-25-49-36-50(28-29-55(49)65(51)58-22-8-6-20-56(58)60)62-39-48(31-32-68-62)45-16-10-15-44(34-45)46-17-11-18-53(35-46)66-70-41-71-67(72-66)61-38-52-26-24-43-14-4-5-19-54(43)64(52)59-23-9-7-21-57(59)61/h1-41H. The van der Waals surface area contributed by atoms with Gasteiger partial charge in [-0.1, -0.05) is 176 Å². The van der Waals surface area contributed by atoms with E-state index in [9.17, 15) is 0 Å². The van der Waals surface area contributed by atoms with E-state index in [4.69, 9.17) is 24.9 Å². The van der Waals surface area contributed by atoms with Gasteiger partial charge in [-0.15, -0.1) is 0 Å². The second kappa shape index (κ2) is 17.1. The van der Waals surface area contributed by atoms with Gasteiger partial charge in [0.1, 0.15) is 6.33 Å². The minimum absolute atomic E-state index is 0.628. The Morgan fingerprint density at radius 3 is 1.47 bits per heavy atom. The Labute approximate surface area is 415 Å². The molecule has 0 bridgehead atoms. The molecule has 14 rings (SSSR count). The molecule has 5 nitrogen and oxygen atoms in total. The fourth-order valence-electron chi connectivity index (χ4n) is 10.8. The van der Waals surface area contributed by atoms with Crippen LogP contribution in [0.1, 0.15) is 0 Å². The number of hydrogen-bond acceptors (Lipinski definition) is 5. The lowest BCUT2D eigenvalue weighted by Gasteiger charge is -2.14. The van der Waals surface area contributed by atoms with Gasteiger partial charge in [-0.2, -0.15) is 0 Å². The van der Waals surface area contributed by atoms with Gasteiger partial charge < -0.3 is 0 Å². The van der Waals surface area contributed by atoms with Crippen LogP contribution in [-0.4, -0.2) is 24.9 Å². The van der Waals surface area contributed by atoms with Crippen molar-refractivity contribution in [2.24, 2.45) is 0 Å². The van der Waals surface area contributed by atoms with Crippen LogP contribution in [0.2, 0.25) is 0 Å². The molecule has 0 aliphatic carbocycles. The topological polar surface area (TPSA) is 64.5 Å². The molecule has 0 saturated carbocycles. The van der Waals surface area contributed by atoms with Crippen LogP contribution in [0.3, 0.4) is 0 Å². The third-order valence-corrected chi connectivity index (χ3v) is 14.2. The lowest BCUT2D eigenvalue weighted by atomic mass is 9.91. The molecule has 0 aliphatic heterocycles. The van der Waals surface area contributed by atoms with Gasteiger partial charge in [0.05, 0.1) is 11.4 Å². The zero-order valence-corrected chi connectivity index (χ0v) is 38.9. The Balaban J connectivity index is 0.777. The maximum atomic E-state index is 5.11. The molecule has 0 fully saturated rings. The summed E-state index contributed by atoms with van der Waals surface area (Å²) in [5.41, 5.74) is 12.7. The molecule has 72 heavy (non-hydrogen) atoms. The summed E-state index contributed by atoms with van der Waals surface area (Å²) in [5.74, 6) is 1.27. The summed E-state index contributed by atoms with van der Waals surface area (Å²) in [7, 11) is 0. The van der Waals surface area contributed by atoms with E-state index in [0.29, 0.717) is 11.6 Å². The maximum absolute atomic E-state index is 5.11. The predicted molar refractivity (Wildman–Crippen MR) is 299 cm³/mol. The van der Waals surface area contributed by atoms with Gasteiger partial charge in [-0.05, 0) is 153 Å². The van der Waals surface area contributed by atoms with Gasteiger partial charge in [-0.3, -0.25) is 9.97 Å². The van der Waals surface area contributed by atoms with E-state index < -0.39 is 0 Å². The number of benzene rings is 11. The lowest BCUT2D eigenvalue weighted by Crippen LogP contribution is -1.96. The highest BCUT2D eigenvalue weighted by Gasteiger charge is 2.17. The average Bonchev–Trinajstić information content (AvgIpc) is 3.46. The highest BCUT2D eigenvalue weighted by Crippen LogP contribution is 2.41. The minimum atomic E-state index is 0.628. The molecule has 5 heteroatoms. The van der Waals surface area contributed by atoms with E-state index in [1.165, 1.54) is 59.4 Å². The van der Waals surface area contributed by atoms with Crippen LogP contribution >= 0.6 is 0 Å². The number of aromatic nitrogens is 5. The van der Waals surface area contributed by atoms with E-state index in [0.717, 1.165) is 72.2 Å². The summed E-state index contributed by atoms with van der Waals surface area (Å²) in [6, 6.07) is 82.2. The van der Waals surface area contributed by atoms with Crippen LogP contribution in [-0.2, 0) is 0 Å². The van der Waals surface area contributed by atoms with Crippen molar-refractivity contribution in [1.82, 2.24) is 24.9 Å². The van der Waals surface area contributed by atoms with Crippen molar-refractivity contribution in [3.8, 4) is 78.7 Å². The summed E-state index contributed by atoms with van der Waals surface area (Å²) < 4.78 is 0. The molecule has 3 heterocycles. The van der Waals surface area contributed by atoms with Crippen molar-refractivity contribution in [1.29, 1.82) is 0 Å². The van der Waals surface area contributed by atoms with Crippen molar-refractivity contribution in [2.45, 2.75) is 0 Å². The van der Waals surface area contributed by atoms with E-state index in [1.54, 1.807) is 6.33 Å². The molecule has 0 unspecified atom stereocenters. The number of rotatable bonds is 7. The van der Waals surface area contributed by atoms with Crippen molar-refractivity contribution in [2.75, 3.05) is 0 Å². The Kier molecular flexibility index (Phi) is 9.78. The van der Waals surface area contributed by atoms with E-state index in [-0.39, 0.29) is 0 Å². The second-order valence-electron chi connectivity index (χ2n) is 18.4. The highest BCUT2D eigenvalue weighted by atomic mass is 15.0. The monoisotopic (exact) mass is 915 g/mol. The van der Waals surface area contributed by atoms with Gasteiger partial charge in [0.2, 0.25) is 0 Å². The van der Waals surface area contributed by atoms with E-state index >= 15 is 0 Å². The van der Waals surface area contributed by atoms with Crippen molar-refractivity contribution in [3.63, 3.8) is 0 Å². The molecule has 14 aromatic rings. The summed E-state index contributed by atoms with van der Waals surface area (Å²) in [6.07, 6.45) is 5.46. The van der Waals surface area contributed by atoms with Crippen LogP contribution in [0.15, 0.2) is 249 Å². The summed E-state index contributed by atoms with van der Waals surface area (Å²) >= 11 is 0. The highest BCUT2D eigenvalue weighted by molar-refractivity contribution is 6.24. The third-order valence-electron chi connectivity index (χ3n) is 14.2. The molecule has 0 amide bonds. The number of pyridine rings is 2. The van der Waals surface area contributed by atoms with E-state index in [1.807, 2.05) is 12.4 Å². The normalized spacial score (nSPS) is 11.6. The first-order valence-corrected chi connectivity index (χ1v) is 24.3. The van der Waals surface area contributed by atoms with Gasteiger partial charge in [0.25, 0.3) is 0 Å². The quantitative estimate of drug-likeness (QED) is 0.149. The second-order valence-corrected chi connectivity index (χ2v) is 18.4. The average molecular weight is 916 g/mol. The lowest BCUT2D eigenvalue weighted by molar-refractivity contribution is 1.07. The molecule has 0 aliphatic rings. The molecule has 0 saturated heterocycles. The zero-order chi connectivity index (χ0) is 47.5. The SMILES string of the molecule is c1ccc(-c2ccnc(-c3cc4ccc5cc(-c6cc(-c7cccc(-c8cccc(-c9ncnc(-c%10cc%11ccc%12ccccc%12c%11c%11ccccc%10%11)n9)c8)c7)ccn6)ccc5c4c4ccccc34)c2)cc1. The zero-order valence-electron chi connectivity index (χ0n) is 38.9. The molecule has 3 aromatic heterocycles. The smallest absolute Gasteiger partial charge is 0.164 e. The van der Waals surface area contributed by atoms with Gasteiger partial charge in [0, 0.05) is 34.6 Å². The Bertz CT molecular complexity index is 4470. The van der Waals surface area contributed by atoms with Crippen LogP contribution in [0.25, 0.3) is 143 Å². The number of hydrogen-bond donors (Lipinski definition) is 0. The van der Waals surface area contributed by atoms with Gasteiger partial charge >= 0.3 is 0 Å². The summed E-state index contributed by atoms with van der Waals surface area (Å²) in [6.45, 7) is 0. The molecule has 334 valence electrons. The Hall–Kier alpha value is -9.71. The molecular weight excluding hydrogens is 875 g/mol. The maximum Gasteiger partial charge on any atom is 0.164 e. The van der Waals surface area contributed by atoms with Crippen molar-refractivity contribution in [3.05, 3.63) is 249 Å². The van der Waals surface area contributed by atoms with Crippen molar-refractivity contribution >= 4 is 64.6 Å². The predicted octanol–water partition coefficient (Wildman–Crippen LogP) is 17.2. The molecule has 0 radical (unpaired) electrons. The number of fused-ring (bicyclic) bond motifs is 10. The third kappa shape index (κ3) is 7.14. The summed E-state index contributed by atoms with van der Waals surface area (Å²) in [5, 5.41) is 14.3. The fourth-order valence-corrected chi connectivity index (χ4v) is 10.8. The van der Waals surface area contributed by atoms with Crippen LogP contribution in [0.4, 0.5) is 0 Å². The van der Waals surface area contributed by atoms with E-state index in [2.05, 4.69) is 231 Å². The Morgan fingerprint density at radius 1 is 0.236 bits per heavy atom. The molecule has 0 N–H and O–H groups in total.